The first-order valence-electron chi connectivity index (χ1n) is 10.1. The van der Waals surface area contributed by atoms with Crippen LogP contribution in [0.25, 0.3) is 0 Å². The molecule has 0 N–H and O–H groups in total. The molecule has 0 unspecified atom stereocenters. The van der Waals surface area contributed by atoms with E-state index in [-0.39, 0.29) is 0 Å². The van der Waals surface area contributed by atoms with E-state index in [0.717, 1.165) is 30.6 Å². The molecule has 3 fully saturated rings. The Labute approximate surface area is 148 Å². The minimum Gasteiger partial charge on any atom is -0.303 e. The molecule has 24 heavy (non-hydrogen) atoms. The highest BCUT2D eigenvalue weighted by Gasteiger charge is 2.63. The van der Waals surface area contributed by atoms with Crippen molar-refractivity contribution in [1.29, 1.82) is 0 Å². The molecule has 6 atom stereocenters. The van der Waals surface area contributed by atoms with Crippen molar-refractivity contribution in [3.63, 3.8) is 0 Å². The van der Waals surface area contributed by atoms with Gasteiger partial charge in [0.05, 0.1) is 0 Å². The van der Waals surface area contributed by atoms with Crippen LogP contribution in [0.4, 0.5) is 0 Å². The van der Waals surface area contributed by atoms with E-state index < -0.39 is 0 Å². The third-order valence-electron chi connectivity index (χ3n) is 9.51. The van der Waals surface area contributed by atoms with Gasteiger partial charge in [-0.1, -0.05) is 19.4 Å². The van der Waals surface area contributed by atoms with E-state index in [0.29, 0.717) is 22.2 Å². The molecule has 0 amide bonds. The van der Waals surface area contributed by atoms with Crippen molar-refractivity contribution in [2.24, 2.45) is 28.6 Å². The van der Waals surface area contributed by atoms with Crippen molar-refractivity contribution in [2.45, 2.75) is 77.7 Å². The lowest BCUT2D eigenvalue weighted by atomic mass is 9.46. The van der Waals surface area contributed by atoms with Gasteiger partial charge in [-0.2, -0.15) is 0 Å². The molecular weight excluding hydrogens is 294 g/mol. The van der Waals surface area contributed by atoms with E-state index >= 15 is 0 Å². The average molecular weight is 330 g/mol. The van der Waals surface area contributed by atoms with Gasteiger partial charge in [0, 0.05) is 12.0 Å². The molecule has 0 spiro atoms. The van der Waals surface area contributed by atoms with Gasteiger partial charge in [-0.15, -0.1) is 0 Å². The zero-order chi connectivity index (χ0) is 17.3. The number of carbonyl (C=O) groups excluding carboxylic acids is 1. The van der Waals surface area contributed by atoms with Crippen LogP contribution in [-0.2, 0) is 4.79 Å². The molecule has 2 nitrogen and oxygen atoms in total. The number of fused-ring (bicyclic) bond motifs is 5. The standard InChI is InChI=1S/C22H35NO/c1-20-11-8-16(24)14-15(20)6-7-17-18(20)9-12-21(2)19(17)10-13-22(21,3)23(4)5/h14,17-19H,6-13H2,1-5H3/t17-,18+,19+,20+,21+,22+/m1/s1. The van der Waals surface area contributed by atoms with Gasteiger partial charge in [-0.05, 0) is 101 Å². The fraction of sp³-hybridized carbons (Fsp3) is 0.864. The first-order chi connectivity index (χ1) is 11.2. The van der Waals surface area contributed by atoms with E-state index in [1.165, 1.54) is 44.1 Å². The van der Waals surface area contributed by atoms with Gasteiger partial charge >= 0.3 is 0 Å². The summed E-state index contributed by atoms with van der Waals surface area (Å²) >= 11 is 0. The molecule has 0 radical (unpaired) electrons. The average Bonchev–Trinajstić information content (AvgIpc) is 2.81. The number of allylic oxidation sites excluding steroid dienone is 1. The minimum absolute atomic E-state index is 0.315. The molecule has 0 aromatic rings. The van der Waals surface area contributed by atoms with Crippen LogP contribution in [0.3, 0.4) is 0 Å². The van der Waals surface area contributed by atoms with Crippen LogP contribution in [0.15, 0.2) is 11.6 Å². The third-order valence-corrected chi connectivity index (χ3v) is 9.51. The smallest absolute Gasteiger partial charge is 0.155 e. The van der Waals surface area contributed by atoms with E-state index in [9.17, 15) is 4.79 Å². The topological polar surface area (TPSA) is 20.3 Å². The summed E-state index contributed by atoms with van der Waals surface area (Å²) in [5.41, 5.74) is 2.62. The van der Waals surface area contributed by atoms with E-state index in [4.69, 9.17) is 0 Å². The lowest BCUT2D eigenvalue weighted by molar-refractivity contribution is -0.118. The number of hydrogen-bond donors (Lipinski definition) is 0. The summed E-state index contributed by atoms with van der Waals surface area (Å²) in [5.74, 6) is 2.94. The second-order valence-corrected chi connectivity index (χ2v) is 10.1. The maximum Gasteiger partial charge on any atom is 0.155 e. The molecule has 3 saturated carbocycles. The Morgan fingerprint density at radius 3 is 2.38 bits per heavy atom. The summed E-state index contributed by atoms with van der Waals surface area (Å²) in [5, 5.41) is 0. The molecule has 4 rings (SSSR count). The molecule has 134 valence electrons. The van der Waals surface area contributed by atoms with Crippen molar-refractivity contribution in [3.8, 4) is 0 Å². The fourth-order valence-electron chi connectivity index (χ4n) is 7.54. The highest BCUT2D eigenvalue weighted by molar-refractivity contribution is 5.91. The Balaban J connectivity index is 1.69. The predicted molar refractivity (Wildman–Crippen MR) is 98.8 cm³/mol. The molecule has 4 aliphatic rings. The second-order valence-electron chi connectivity index (χ2n) is 10.1. The first kappa shape index (κ1) is 16.8. The largest absolute Gasteiger partial charge is 0.303 e. The first-order valence-corrected chi connectivity index (χ1v) is 10.1. The maximum atomic E-state index is 11.9. The summed E-state index contributed by atoms with van der Waals surface area (Å²) in [4.78, 5) is 14.4. The van der Waals surface area contributed by atoms with Crippen LogP contribution >= 0.6 is 0 Å². The minimum atomic E-state index is 0.315. The van der Waals surface area contributed by atoms with E-state index in [1.807, 2.05) is 6.08 Å². The zero-order valence-electron chi connectivity index (χ0n) is 16.3. The Morgan fingerprint density at radius 1 is 0.958 bits per heavy atom. The van der Waals surface area contributed by atoms with Crippen LogP contribution in [0.5, 0.6) is 0 Å². The molecule has 0 aromatic heterocycles. The van der Waals surface area contributed by atoms with Gasteiger partial charge in [0.2, 0.25) is 0 Å². The van der Waals surface area contributed by atoms with Crippen molar-refractivity contribution >= 4 is 5.78 Å². The zero-order valence-corrected chi connectivity index (χ0v) is 16.3. The van der Waals surface area contributed by atoms with Gasteiger partial charge in [-0.25, -0.2) is 0 Å². The molecule has 0 saturated heterocycles. The normalized spacial score (nSPS) is 51.0. The van der Waals surface area contributed by atoms with Gasteiger partial charge in [0.15, 0.2) is 5.78 Å². The number of hydrogen-bond acceptors (Lipinski definition) is 2. The van der Waals surface area contributed by atoms with Crippen molar-refractivity contribution in [3.05, 3.63) is 11.6 Å². The Morgan fingerprint density at radius 2 is 1.67 bits per heavy atom. The summed E-state index contributed by atoms with van der Waals surface area (Å²) in [6.07, 6.45) is 11.9. The molecule has 4 aliphatic carbocycles. The summed E-state index contributed by atoms with van der Waals surface area (Å²) in [7, 11) is 4.57. The van der Waals surface area contributed by atoms with Crippen LogP contribution in [-0.4, -0.2) is 30.3 Å². The monoisotopic (exact) mass is 329 g/mol. The van der Waals surface area contributed by atoms with Crippen LogP contribution in [0.2, 0.25) is 0 Å². The van der Waals surface area contributed by atoms with E-state index in [1.54, 1.807) is 0 Å². The molecule has 0 bridgehead atoms. The summed E-state index contributed by atoms with van der Waals surface area (Å²) in [6, 6.07) is 0. The SMILES string of the molecule is CN(C)[C@@]1(C)CC[C@H]2[C@@H]3CCC4=CC(=O)CC[C@]4(C)[C@H]3CC[C@@]21C. The van der Waals surface area contributed by atoms with Crippen molar-refractivity contribution in [2.75, 3.05) is 14.1 Å². The highest BCUT2D eigenvalue weighted by atomic mass is 16.1. The van der Waals surface area contributed by atoms with Gasteiger partial charge < -0.3 is 4.90 Å². The molecule has 2 heteroatoms. The lowest BCUT2D eigenvalue weighted by Crippen LogP contribution is -2.58. The molecule has 0 heterocycles. The summed E-state index contributed by atoms with van der Waals surface area (Å²) in [6.45, 7) is 7.60. The van der Waals surface area contributed by atoms with Gasteiger partial charge in [0.1, 0.15) is 0 Å². The molecular formula is C22H35NO. The summed E-state index contributed by atoms with van der Waals surface area (Å²) < 4.78 is 0. The maximum absolute atomic E-state index is 11.9. The van der Waals surface area contributed by atoms with Crippen molar-refractivity contribution < 1.29 is 4.79 Å². The Bertz CT molecular complexity index is 593. The predicted octanol–water partition coefficient (Wildman–Crippen LogP) is 4.84. The number of carbonyl (C=O) groups is 1. The molecule has 0 aromatic carbocycles. The second kappa shape index (κ2) is 5.19. The number of nitrogens with zero attached hydrogens (tertiary/aromatic N) is 1. The molecule has 0 aliphatic heterocycles. The number of rotatable bonds is 1. The van der Waals surface area contributed by atoms with E-state index in [2.05, 4.69) is 39.8 Å². The number of ketones is 1. The van der Waals surface area contributed by atoms with Crippen LogP contribution in [0, 0.1) is 28.6 Å². The lowest BCUT2D eigenvalue weighted by Gasteiger charge is -2.60. The van der Waals surface area contributed by atoms with Crippen molar-refractivity contribution in [1.82, 2.24) is 4.90 Å². The fourth-order valence-corrected chi connectivity index (χ4v) is 7.54. The van der Waals surface area contributed by atoms with Crippen LogP contribution in [0.1, 0.15) is 72.1 Å². The Kier molecular flexibility index (Phi) is 3.64. The van der Waals surface area contributed by atoms with Gasteiger partial charge in [-0.3, -0.25) is 4.79 Å². The quantitative estimate of drug-likeness (QED) is 0.686. The highest BCUT2D eigenvalue weighted by Crippen LogP contribution is 2.68. The van der Waals surface area contributed by atoms with Gasteiger partial charge in [0.25, 0.3) is 0 Å². The van der Waals surface area contributed by atoms with Crippen LogP contribution < -0.4 is 0 Å². The Hall–Kier alpha value is -0.630. The third kappa shape index (κ3) is 1.95.